The number of aliphatic hydroxyl groups excluding tert-OH is 1. The number of likely N-dealkylation sites (tertiary alicyclic amines) is 1. The number of quaternary nitrogens is 1. The van der Waals surface area contributed by atoms with E-state index in [4.69, 9.17) is 11.6 Å². The minimum Gasteiger partial charge on any atom is -0.371 e. The van der Waals surface area contributed by atoms with E-state index in [1.54, 1.807) is 0 Å². The highest BCUT2D eigenvalue weighted by molar-refractivity contribution is 6.30. The Balaban J connectivity index is 1.25. The summed E-state index contributed by atoms with van der Waals surface area (Å²) >= 11 is 6.42. The van der Waals surface area contributed by atoms with Gasteiger partial charge in [-0.3, -0.25) is 0 Å². The smallest absolute Gasteiger partial charge is 0.317 e. The van der Waals surface area contributed by atoms with Crippen LogP contribution in [0.5, 0.6) is 0 Å². The number of carbonyl (C=O) groups is 1. The molecule has 4 atom stereocenters. The number of hydrogen-bond donors (Lipinski definition) is 4. The standard InChI is InChI=1S/C36H44ClN5O2/c1-24(31-22-39-32-11-7-6-10-30(31)32)34(35(43)42-23-27(21-38-2)19-28-20-29(37)12-13-33(28)42)40-36(44)41-16-14-26(15-17-41)18-25-8-4-3-5-9-25/h3-13,20,22,24,26-27,34-35,38-39,43H,14-19,21,23H2,1-2H3,(H,40,44)/p+1/t24?,27-,34?,35?/m1/s1. The maximum atomic E-state index is 13.9. The van der Waals surface area contributed by atoms with E-state index in [0.717, 1.165) is 59.9 Å². The molecule has 44 heavy (non-hydrogen) atoms. The van der Waals surface area contributed by atoms with Crippen LogP contribution in [0.25, 0.3) is 10.9 Å². The highest BCUT2D eigenvalue weighted by Crippen LogP contribution is 2.36. The first-order valence-electron chi connectivity index (χ1n) is 16.1. The molecule has 1 fully saturated rings. The maximum Gasteiger partial charge on any atom is 0.317 e. The SMILES string of the molecule is C[NH2+]C[C@H]1Cc2cc(Cl)ccc2N(C(O)C(NC(=O)N2CCC(Cc3ccccc3)CC2)C(C)c2c[nH]c3ccccc23)C1. The first kappa shape index (κ1) is 30.5. The van der Waals surface area contributed by atoms with Crippen LogP contribution in [0.1, 0.15) is 42.4 Å². The number of anilines is 1. The molecule has 7 nitrogen and oxygen atoms in total. The molecule has 1 saturated heterocycles. The number of benzene rings is 3. The number of rotatable bonds is 9. The van der Waals surface area contributed by atoms with Gasteiger partial charge in [0.25, 0.3) is 0 Å². The van der Waals surface area contributed by atoms with Crippen LogP contribution >= 0.6 is 11.6 Å². The summed E-state index contributed by atoms with van der Waals surface area (Å²) in [5.41, 5.74) is 5.61. The third kappa shape index (κ3) is 6.60. The summed E-state index contributed by atoms with van der Waals surface area (Å²) in [6.07, 6.45) is 5.00. The summed E-state index contributed by atoms with van der Waals surface area (Å²) in [6.45, 7) is 5.19. The first-order valence-corrected chi connectivity index (χ1v) is 16.5. The van der Waals surface area contributed by atoms with E-state index >= 15 is 0 Å². The van der Waals surface area contributed by atoms with Gasteiger partial charge in [-0.1, -0.05) is 67.1 Å². The maximum absolute atomic E-state index is 13.9. The molecular weight excluding hydrogens is 570 g/mol. The fourth-order valence-corrected chi connectivity index (χ4v) is 7.52. The van der Waals surface area contributed by atoms with Crippen molar-refractivity contribution in [1.82, 2.24) is 15.2 Å². The van der Waals surface area contributed by atoms with Crippen LogP contribution in [0.15, 0.2) is 79.0 Å². The van der Waals surface area contributed by atoms with Crippen molar-refractivity contribution in [1.29, 1.82) is 0 Å². The molecule has 0 radical (unpaired) electrons. The zero-order valence-electron chi connectivity index (χ0n) is 25.8. The van der Waals surface area contributed by atoms with Crippen molar-refractivity contribution in [2.24, 2.45) is 11.8 Å². The Morgan fingerprint density at radius 3 is 2.59 bits per heavy atom. The number of H-pyrrole nitrogens is 1. The van der Waals surface area contributed by atoms with E-state index in [1.165, 1.54) is 5.56 Å². The summed E-state index contributed by atoms with van der Waals surface area (Å²) < 4.78 is 0. The normalized spacial score (nSPS) is 19.4. The number of para-hydroxylation sites is 1. The average molecular weight is 615 g/mol. The fraction of sp³-hybridized carbons (Fsp3) is 0.417. The lowest BCUT2D eigenvalue weighted by atomic mass is 9.88. The number of nitrogens with two attached hydrogens (primary N) is 1. The van der Waals surface area contributed by atoms with Gasteiger partial charge in [0.1, 0.15) is 6.23 Å². The number of aliphatic hydroxyl groups is 1. The topological polar surface area (TPSA) is 88.2 Å². The number of nitrogens with zero attached hydrogens (tertiary/aromatic N) is 2. The number of piperidine rings is 1. The van der Waals surface area contributed by atoms with Crippen molar-refractivity contribution in [3.8, 4) is 0 Å². The molecule has 3 unspecified atom stereocenters. The molecule has 3 heterocycles. The van der Waals surface area contributed by atoms with Crippen LogP contribution in [0.3, 0.4) is 0 Å². The van der Waals surface area contributed by atoms with Crippen LogP contribution < -0.4 is 15.5 Å². The Morgan fingerprint density at radius 2 is 1.82 bits per heavy atom. The van der Waals surface area contributed by atoms with Crippen LogP contribution in [0, 0.1) is 11.8 Å². The number of halogens is 1. The van der Waals surface area contributed by atoms with E-state index in [9.17, 15) is 9.90 Å². The van der Waals surface area contributed by atoms with Crippen molar-refractivity contribution >= 4 is 34.2 Å². The molecule has 3 aromatic carbocycles. The molecular formula is C36H45ClN5O2+. The van der Waals surface area contributed by atoms with Crippen molar-refractivity contribution < 1.29 is 15.2 Å². The van der Waals surface area contributed by atoms with Crippen molar-refractivity contribution in [3.63, 3.8) is 0 Å². The minimum absolute atomic E-state index is 0.106. The largest absolute Gasteiger partial charge is 0.371 e. The van der Waals surface area contributed by atoms with Crippen molar-refractivity contribution in [3.05, 3.63) is 101 Å². The van der Waals surface area contributed by atoms with Crippen molar-refractivity contribution in [2.45, 2.75) is 50.8 Å². The second-order valence-electron chi connectivity index (χ2n) is 12.7. The van der Waals surface area contributed by atoms with E-state index in [2.05, 4.69) is 77.0 Å². The number of hydrogen-bond acceptors (Lipinski definition) is 3. The van der Waals surface area contributed by atoms with Crippen molar-refractivity contribution in [2.75, 3.05) is 38.1 Å². The predicted octanol–water partition coefficient (Wildman–Crippen LogP) is 5.15. The number of carbonyl (C=O) groups excluding carboxylic acids is 1. The Morgan fingerprint density at radius 1 is 1.07 bits per heavy atom. The quantitative estimate of drug-likeness (QED) is 0.210. The van der Waals surface area contributed by atoms with Gasteiger partial charge in [0.15, 0.2) is 0 Å². The number of urea groups is 1. The lowest BCUT2D eigenvalue weighted by Gasteiger charge is -2.43. The number of fused-ring (bicyclic) bond motifs is 2. The monoisotopic (exact) mass is 614 g/mol. The van der Waals surface area contributed by atoms with Crippen LogP contribution in [0.4, 0.5) is 10.5 Å². The van der Waals surface area contributed by atoms with E-state index in [0.29, 0.717) is 36.5 Å². The average Bonchev–Trinajstić information content (AvgIpc) is 3.48. The highest BCUT2D eigenvalue weighted by atomic mass is 35.5. The van der Waals surface area contributed by atoms with Gasteiger partial charge in [-0.25, -0.2) is 4.79 Å². The zero-order valence-corrected chi connectivity index (χ0v) is 26.5. The third-order valence-electron chi connectivity index (χ3n) is 9.73. The molecule has 0 spiro atoms. The number of nitrogens with one attached hydrogen (secondary N) is 2. The fourth-order valence-electron chi connectivity index (χ4n) is 7.33. The Hall–Kier alpha value is -3.52. The lowest BCUT2D eigenvalue weighted by molar-refractivity contribution is -0.632. The Kier molecular flexibility index (Phi) is 9.45. The highest BCUT2D eigenvalue weighted by Gasteiger charge is 2.38. The Bertz CT molecular complexity index is 1550. The molecule has 2 aliphatic heterocycles. The van der Waals surface area contributed by atoms with Gasteiger partial charge in [-0.05, 0) is 72.6 Å². The molecule has 8 heteroatoms. The molecule has 0 saturated carbocycles. The van der Waals surface area contributed by atoms with Gasteiger partial charge >= 0.3 is 6.03 Å². The predicted molar refractivity (Wildman–Crippen MR) is 178 cm³/mol. The number of amides is 2. The van der Waals surface area contributed by atoms with Gasteiger partial charge in [0, 0.05) is 59.3 Å². The van der Waals surface area contributed by atoms with Gasteiger partial charge < -0.3 is 30.5 Å². The second-order valence-corrected chi connectivity index (χ2v) is 13.2. The number of aromatic amines is 1. The second kappa shape index (κ2) is 13.6. The molecule has 1 aromatic heterocycles. The van der Waals surface area contributed by atoms with Crippen LogP contribution in [0.2, 0.25) is 5.02 Å². The minimum atomic E-state index is -0.933. The van der Waals surface area contributed by atoms with Gasteiger partial charge in [0.05, 0.1) is 19.6 Å². The molecule has 4 aromatic rings. The molecule has 5 N–H and O–H groups in total. The Labute approximate surface area is 265 Å². The molecule has 6 rings (SSSR count). The van der Waals surface area contributed by atoms with Gasteiger partial charge in [-0.2, -0.15) is 0 Å². The summed E-state index contributed by atoms with van der Waals surface area (Å²) in [5.74, 6) is 0.760. The molecule has 2 aliphatic rings. The number of aromatic nitrogens is 1. The summed E-state index contributed by atoms with van der Waals surface area (Å²) in [7, 11) is 2.08. The van der Waals surface area contributed by atoms with Gasteiger partial charge in [-0.15, -0.1) is 0 Å². The third-order valence-corrected chi connectivity index (χ3v) is 9.97. The van der Waals surface area contributed by atoms with Crippen LogP contribution in [-0.4, -0.2) is 66.5 Å². The molecule has 0 aliphatic carbocycles. The van der Waals surface area contributed by atoms with E-state index in [1.807, 2.05) is 41.4 Å². The van der Waals surface area contributed by atoms with E-state index in [-0.39, 0.29) is 11.9 Å². The first-order chi connectivity index (χ1) is 21.4. The molecule has 232 valence electrons. The summed E-state index contributed by atoms with van der Waals surface area (Å²) in [6, 6.07) is 24.1. The summed E-state index contributed by atoms with van der Waals surface area (Å²) in [4.78, 5) is 21.3. The summed E-state index contributed by atoms with van der Waals surface area (Å²) in [5, 5.41) is 19.6. The van der Waals surface area contributed by atoms with Crippen LogP contribution in [-0.2, 0) is 12.8 Å². The molecule has 2 amide bonds. The van der Waals surface area contributed by atoms with E-state index < -0.39 is 12.3 Å². The zero-order chi connectivity index (χ0) is 30.6. The lowest BCUT2D eigenvalue weighted by Crippen LogP contribution is -2.82. The molecule has 0 bridgehead atoms. The van der Waals surface area contributed by atoms with Gasteiger partial charge in [0.2, 0.25) is 0 Å².